The number of ether oxygens (including phenoxy) is 1. The zero-order valence-corrected chi connectivity index (χ0v) is 15.8. The molecule has 0 unspecified atom stereocenters. The molecule has 1 N–H and O–H groups in total. The molecule has 0 aliphatic heterocycles. The lowest BCUT2D eigenvalue weighted by Crippen LogP contribution is -2.19. The highest BCUT2D eigenvalue weighted by Crippen LogP contribution is 2.21. The van der Waals surface area contributed by atoms with Gasteiger partial charge in [0.05, 0.1) is 6.26 Å². The van der Waals surface area contributed by atoms with Crippen LogP contribution in [-0.4, -0.2) is 11.6 Å². The number of nitrogens with zero attached hydrogens (tertiary/aromatic N) is 1. The normalized spacial score (nSPS) is 11.3. The van der Waals surface area contributed by atoms with Crippen LogP contribution in [0.4, 0.5) is 0 Å². The lowest BCUT2D eigenvalue weighted by molar-refractivity contribution is 0.0954. The molecule has 0 aliphatic carbocycles. The van der Waals surface area contributed by atoms with Crippen LogP contribution in [0.1, 0.15) is 34.2 Å². The number of amides is 1. The average Bonchev–Trinajstić information content (AvgIpc) is 3.22. The predicted octanol–water partition coefficient (Wildman–Crippen LogP) is 4.97. The second-order valence-corrected chi connectivity index (χ2v) is 6.42. The number of hydrogen-bond acceptors (Lipinski definition) is 4. The van der Waals surface area contributed by atoms with Crippen molar-refractivity contribution in [2.75, 3.05) is 0 Å². The first-order chi connectivity index (χ1) is 13.0. The van der Waals surface area contributed by atoms with Crippen molar-refractivity contribution in [3.63, 3.8) is 0 Å². The van der Waals surface area contributed by atoms with E-state index in [1.54, 1.807) is 37.5 Å². The third-order valence-corrected chi connectivity index (χ3v) is 4.38. The summed E-state index contributed by atoms with van der Waals surface area (Å²) in [7, 11) is 0. The third-order valence-electron chi connectivity index (χ3n) is 3.95. The van der Waals surface area contributed by atoms with E-state index in [1.165, 1.54) is 0 Å². The highest BCUT2D eigenvalue weighted by atomic mass is 35.5. The molecule has 3 rings (SSSR count). The van der Waals surface area contributed by atoms with Gasteiger partial charge < -0.3 is 9.15 Å². The van der Waals surface area contributed by atoms with E-state index in [-0.39, 0.29) is 5.91 Å². The van der Waals surface area contributed by atoms with Gasteiger partial charge in [0, 0.05) is 10.6 Å². The maximum Gasteiger partial charge on any atom is 0.271 e. The summed E-state index contributed by atoms with van der Waals surface area (Å²) in [5.74, 6) is 1.07. The molecule has 1 heterocycles. The molecule has 2 aromatic carbocycles. The van der Waals surface area contributed by atoms with Crippen molar-refractivity contribution in [3.05, 3.63) is 88.3 Å². The van der Waals surface area contributed by atoms with Crippen molar-refractivity contribution in [1.82, 2.24) is 5.43 Å². The summed E-state index contributed by atoms with van der Waals surface area (Å²) in [5, 5.41) is 4.76. The Labute approximate surface area is 162 Å². The predicted molar refractivity (Wildman–Crippen MR) is 105 cm³/mol. The van der Waals surface area contributed by atoms with Gasteiger partial charge in [-0.3, -0.25) is 4.79 Å². The van der Waals surface area contributed by atoms with Gasteiger partial charge in [-0.25, -0.2) is 5.43 Å². The highest BCUT2D eigenvalue weighted by molar-refractivity contribution is 6.31. The third kappa shape index (κ3) is 4.99. The molecule has 1 amide bonds. The highest BCUT2D eigenvalue weighted by Gasteiger charge is 2.06. The van der Waals surface area contributed by atoms with Crippen LogP contribution < -0.4 is 10.2 Å². The molecule has 0 bridgehead atoms. The quantitative estimate of drug-likeness (QED) is 0.483. The Balaban J connectivity index is 1.57. The molecule has 3 aromatic rings. The number of nitrogens with one attached hydrogen (secondary N) is 1. The molecule has 0 saturated heterocycles. The summed E-state index contributed by atoms with van der Waals surface area (Å²) in [6, 6.07) is 16.2. The summed E-state index contributed by atoms with van der Waals surface area (Å²) in [6.45, 7) is 4.09. The van der Waals surface area contributed by atoms with Gasteiger partial charge in [-0.05, 0) is 67.4 Å². The molecule has 138 valence electrons. The van der Waals surface area contributed by atoms with Crippen molar-refractivity contribution in [3.8, 4) is 5.75 Å². The fraction of sp³-hybridized carbons (Fsp3) is 0.143. The molecule has 0 fully saturated rings. The number of carbonyl (C=O) groups excluding carboxylic acids is 1. The maximum atomic E-state index is 12.2. The molecule has 0 aliphatic rings. The van der Waals surface area contributed by atoms with Crippen LogP contribution in [0.2, 0.25) is 5.02 Å². The van der Waals surface area contributed by atoms with E-state index < -0.39 is 0 Å². The Morgan fingerprint density at radius 2 is 1.96 bits per heavy atom. The number of aryl methyl sites for hydroxylation is 1. The van der Waals surface area contributed by atoms with Crippen LogP contribution >= 0.6 is 11.6 Å². The number of carbonyl (C=O) groups is 1. The smallest absolute Gasteiger partial charge is 0.271 e. The average molecular weight is 383 g/mol. The van der Waals surface area contributed by atoms with Crippen molar-refractivity contribution in [1.29, 1.82) is 0 Å². The van der Waals surface area contributed by atoms with E-state index in [0.717, 1.165) is 16.9 Å². The molecular formula is C21H19ClN2O3. The molecule has 0 saturated carbocycles. The monoisotopic (exact) mass is 382 g/mol. The van der Waals surface area contributed by atoms with Gasteiger partial charge >= 0.3 is 0 Å². The number of furan rings is 1. The molecule has 5 nitrogen and oxygen atoms in total. The van der Waals surface area contributed by atoms with Gasteiger partial charge in [0.15, 0.2) is 0 Å². The first-order valence-electron chi connectivity index (χ1n) is 8.39. The van der Waals surface area contributed by atoms with Crippen molar-refractivity contribution >= 4 is 23.2 Å². The Kier molecular flexibility index (Phi) is 5.94. The minimum absolute atomic E-state index is 0.290. The van der Waals surface area contributed by atoms with Gasteiger partial charge in [0.1, 0.15) is 23.8 Å². The van der Waals surface area contributed by atoms with Crippen LogP contribution in [0.3, 0.4) is 0 Å². The van der Waals surface area contributed by atoms with Crippen LogP contribution in [0, 0.1) is 6.92 Å². The summed E-state index contributed by atoms with van der Waals surface area (Å²) in [6.07, 6.45) is 1.56. The number of hydrogen-bond donors (Lipinski definition) is 1. The summed E-state index contributed by atoms with van der Waals surface area (Å²) < 4.78 is 11.0. The number of hydrazone groups is 1. The van der Waals surface area contributed by atoms with E-state index in [4.69, 9.17) is 20.8 Å². The Morgan fingerprint density at radius 1 is 1.19 bits per heavy atom. The maximum absolute atomic E-state index is 12.2. The molecular weight excluding hydrogens is 364 g/mol. The van der Waals surface area contributed by atoms with Crippen LogP contribution in [-0.2, 0) is 6.61 Å². The minimum atomic E-state index is -0.290. The SMILES string of the molecule is CC(=NNC(=O)c1ccc(COc2ccc(Cl)c(C)c2)cc1)c1ccco1. The van der Waals surface area contributed by atoms with Crippen molar-refractivity contribution < 1.29 is 13.9 Å². The Hall–Kier alpha value is -3.05. The van der Waals surface area contributed by atoms with E-state index in [1.807, 2.05) is 37.3 Å². The molecule has 27 heavy (non-hydrogen) atoms. The van der Waals surface area contributed by atoms with Crippen LogP contribution in [0.5, 0.6) is 5.75 Å². The van der Waals surface area contributed by atoms with E-state index in [0.29, 0.717) is 28.7 Å². The van der Waals surface area contributed by atoms with Gasteiger partial charge in [-0.1, -0.05) is 23.7 Å². The Bertz CT molecular complexity index is 948. The second kappa shape index (κ2) is 8.56. The molecule has 0 spiro atoms. The van der Waals surface area contributed by atoms with Crippen molar-refractivity contribution in [2.45, 2.75) is 20.5 Å². The molecule has 1 aromatic heterocycles. The summed E-state index contributed by atoms with van der Waals surface area (Å²) >= 11 is 6.01. The molecule has 6 heteroatoms. The standard InChI is InChI=1S/C21H19ClN2O3/c1-14-12-18(9-10-19(14)22)27-13-16-5-7-17(8-6-16)21(25)24-23-15(2)20-4-3-11-26-20/h3-12H,13H2,1-2H3,(H,24,25). The second-order valence-electron chi connectivity index (χ2n) is 6.01. The first-order valence-corrected chi connectivity index (χ1v) is 8.77. The van der Waals surface area contributed by atoms with Gasteiger partial charge in [-0.2, -0.15) is 5.10 Å². The topological polar surface area (TPSA) is 63.8 Å². The van der Waals surface area contributed by atoms with E-state index in [9.17, 15) is 4.79 Å². The number of rotatable bonds is 6. The van der Waals surface area contributed by atoms with E-state index >= 15 is 0 Å². The van der Waals surface area contributed by atoms with Gasteiger partial charge in [0.25, 0.3) is 5.91 Å². The molecule has 0 radical (unpaired) electrons. The van der Waals surface area contributed by atoms with E-state index in [2.05, 4.69) is 10.5 Å². The fourth-order valence-electron chi connectivity index (χ4n) is 2.36. The zero-order chi connectivity index (χ0) is 19.2. The summed E-state index contributed by atoms with van der Waals surface area (Å²) in [4.78, 5) is 12.2. The Morgan fingerprint density at radius 3 is 2.63 bits per heavy atom. The first kappa shape index (κ1) is 18.7. The van der Waals surface area contributed by atoms with Gasteiger partial charge in [-0.15, -0.1) is 0 Å². The minimum Gasteiger partial charge on any atom is -0.489 e. The summed E-state index contributed by atoms with van der Waals surface area (Å²) in [5.41, 5.74) is 5.54. The largest absolute Gasteiger partial charge is 0.489 e. The lowest BCUT2D eigenvalue weighted by Gasteiger charge is -2.08. The van der Waals surface area contributed by atoms with Crippen LogP contribution in [0.15, 0.2) is 70.4 Å². The molecule has 0 atom stereocenters. The van der Waals surface area contributed by atoms with Crippen LogP contribution in [0.25, 0.3) is 0 Å². The zero-order valence-electron chi connectivity index (χ0n) is 15.0. The van der Waals surface area contributed by atoms with Gasteiger partial charge in [0.2, 0.25) is 0 Å². The fourth-order valence-corrected chi connectivity index (χ4v) is 2.48. The number of benzene rings is 2. The van der Waals surface area contributed by atoms with Crippen molar-refractivity contribution in [2.24, 2.45) is 5.10 Å². The number of halogens is 1. The lowest BCUT2D eigenvalue weighted by atomic mass is 10.1.